The smallest absolute Gasteiger partial charge is 0.217 e. The second kappa shape index (κ2) is 5.44. The van der Waals surface area contributed by atoms with Gasteiger partial charge in [-0.2, -0.15) is 0 Å². The fourth-order valence-electron chi connectivity index (χ4n) is 2.16. The Bertz CT molecular complexity index is 281. The summed E-state index contributed by atoms with van der Waals surface area (Å²) in [5.41, 5.74) is 10.1. The van der Waals surface area contributed by atoms with Gasteiger partial charge in [-0.1, -0.05) is 0 Å². The molecule has 1 heterocycles. The van der Waals surface area contributed by atoms with Gasteiger partial charge >= 0.3 is 0 Å². The van der Waals surface area contributed by atoms with Gasteiger partial charge in [0.25, 0.3) is 0 Å². The molecule has 1 aliphatic heterocycles. The van der Waals surface area contributed by atoms with E-state index in [1.807, 2.05) is 0 Å². The van der Waals surface area contributed by atoms with E-state index in [0.717, 1.165) is 0 Å². The molecular formula is C10H18N2O5. The van der Waals surface area contributed by atoms with Crippen molar-refractivity contribution in [3.05, 3.63) is 0 Å². The third-order valence-electron chi connectivity index (χ3n) is 3.07. The predicted octanol–water partition coefficient (Wildman–Crippen LogP) is -1.93. The van der Waals surface area contributed by atoms with Crippen molar-refractivity contribution in [1.82, 2.24) is 0 Å². The molecule has 98 valence electrons. The van der Waals surface area contributed by atoms with Gasteiger partial charge < -0.3 is 26.4 Å². The Morgan fingerprint density at radius 2 is 1.59 bits per heavy atom. The zero-order valence-electron chi connectivity index (χ0n) is 9.57. The van der Waals surface area contributed by atoms with Gasteiger partial charge in [-0.3, -0.25) is 9.59 Å². The molecule has 0 saturated carbocycles. The van der Waals surface area contributed by atoms with Crippen LogP contribution in [0.15, 0.2) is 0 Å². The fraction of sp³-hybridized carbons (Fsp3) is 0.800. The number of carbonyl (C=O) groups is 2. The molecule has 1 rings (SSSR count). The van der Waals surface area contributed by atoms with E-state index in [1.54, 1.807) is 6.92 Å². The maximum absolute atomic E-state index is 10.9. The van der Waals surface area contributed by atoms with Crippen LogP contribution in [0.25, 0.3) is 0 Å². The van der Waals surface area contributed by atoms with Crippen molar-refractivity contribution in [3.8, 4) is 0 Å². The highest BCUT2D eigenvalue weighted by Gasteiger charge is 2.43. The van der Waals surface area contributed by atoms with Crippen LogP contribution in [-0.4, -0.2) is 40.5 Å². The highest BCUT2D eigenvalue weighted by Crippen LogP contribution is 2.33. The fourth-order valence-corrected chi connectivity index (χ4v) is 2.16. The highest BCUT2D eigenvalue weighted by molar-refractivity contribution is 5.75. The minimum absolute atomic E-state index is 0.0652. The van der Waals surface area contributed by atoms with Crippen molar-refractivity contribution >= 4 is 11.8 Å². The quantitative estimate of drug-likeness (QED) is 0.458. The minimum Gasteiger partial charge on any atom is -0.392 e. The molecule has 17 heavy (non-hydrogen) atoms. The number of aliphatic hydroxyl groups excluding tert-OH is 2. The van der Waals surface area contributed by atoms with E-state index in [9.17, 15) is 19.8 Å². The number of rotatable bonds is 4. The van der Waals surface area contributed by atoms with Crippen molar-refractivity contribution in [2.75, 3.05) is 0 Å². The van der Waals surface area contributed by atoms with Crippen LogP contribution in [0.4, 0.5) is 0 Å². The lowest BCUT2D eigenvalue weighted by atomic mass is 9.80. The minimum atomic E-state index is -1.27. The van der Waals surface area contributed by atoms with Crippen LogP contribution >= 0.6 is 0 Å². The summed E-state index contributed by atoms with van der Waals surface area (Å²) < 4.78 is 5.16. The molecule has 0 spiro atoms. The van der Waals surface area contributed by atoms with Crippen molar-refractivity contribution in [1.29, 1.82) is 0 Å². The molecule has 5 unspecified atom stereocenters. The summed E-state index contributed by atoms with van der Waals surface area (Å²) in [5.74, 6) is -2.59. The van der Waals surface area contributed by atoms with Crippen LogP contribution in [0.1, 0.15) is 19.8 Å². The Kier molecular flexibility index (Phi) is 4.44. The monoisotopic (exact) mass is 246 g/mol. The number of hydrogen-bond acceptors (Lipinski definition) is 5. The van der Waals surface area contributed by atoms with Crippen LogP contribution < -0.4 is 11.5 Å². The number of hydrogen-bond donors (Lipinski definition) is 4. The lowest BCUT2D eigenvalue weighted by Gasteiger charge is -2.41. The van der Waals surface area contributed by atoms with Crippen molar-refractivity contribution in [2.24, 2.45) is 23.3 Å². The summed E-state index contributed by atoms with van der Waals surface area (Å²) >= 11 is 0. The molecule has 7 nitrogen and oxygen atoms in total. The van der Waals surface area contributed by atoms with Crippen LogP contribution in [0.3, 0.4) is 0 Å². The highest BCUT2D eigenvalue weighted by atomic mass is 16.6. The number of primary amides is 2. The van der Waals surface area contributed by atoms with Gasteiger partial charge in [0.1, 0.15) is 0 Å². The molecule has 6 N–H and O–H groups in total. The Balaban J connectivity index is 2.78. The number of nitrogens with two attached hydrogens (primary N) is 2. The van der Waals surface area contributed by atoms with Crippen molar-refractivity contribution < 1.29 is 24.5 Å². The van der Waals surface area contributed by atoms with Gasteiger partial charge in [-0.05, 0) is 6.92 Å². The van der Waals surface area contributed by atoms with Gasteiger partial charge in [0, 0.05) is 24.7 Å². The maximum atomic E-state index is 10.9. The zero-order valence-corrected chi connectivity index (χ0v) is 9.57. The van der Waals surface area contributed by atoms with Crippen LogP contribution in [-0.2, 0) is 14.3 Å². The Hall–Kier alpha value is -1.18. The Morgan fingerprint density at radius 1 is 1.12 bits per heavy atom. The first-order chi connectivity index (χ1) is 7.82. The molecule has 1 fully saturated rings. The predicted molar refractivity (Wildman–Crippen MR) is 57.2 cm³/mol. The van der Waals surface area contributed by atoms with E-state index >= 15 is 0 Å². The first-order valence-electron chi connectivity index (χ1n) is 5.41. The molecule has 0 bridgehead atoms. The van der Waals surface area contributed by atoms with E-state index < -0.39 is 42.1 Å². The van der Waals surface area contributed by atoms with Crippen molar-refractivity contribution in [2.45, 2.75) is 38.3 Å². The van der Waals surface area contributed by atoms with E-state index in [1.165, 1.54) is 0 Å². The topological polar surface area (TPSA) is 136 Å². The second-order valence-electron chi connectivity index (χ2n) is 4.39. The van der Waals surface area contributed by atoms with Crippen LogP contribution in [0, 0.1) is 11.8 Å². The summed E-state index contributed by atoms with van der Waals surface area (Å²) in [7, 11) is 0. The molecule has 0 aromatic rings. The molecule has 0 radical (unpaired) electrons. The summed E-state index contributed by atoms with van der Waals surface area (Å²) in [4.78, 5) is 21.7. The van der Waals surface area contributed by atoms with Gasteiger partial charge in [0.05, 0.1) is 12.2 Å². The lowest BCUT2D eigenvalue weighted by Crippen LogP contribution is -2.52. The molecule has 5 atom stereocenters. The van der Waals surface area contributed by atoms with Gasteiger partial charge in [0.15, 0.2) is 6.29 Å². The molecule has 0 aromatic carbocycles. The molecule has 1 saturated heterocycles. The first-order valence-corrected chi connectivity index (χ1v) is 5.41. The average Bonchev–Trinajstić information content (AvgIpc) is 2.18. The molecule has 2 amide bonds. The third-order valence-corrected chi connectivity index (χ3v) is 3.07. The van der Waals surface area contributed by atoms with Gasteiger partial charge in [-0.15, -0.1) is 0 Å². The maximum Gasteiger partial charge on any atom is 0.217 e. The number of carbonyl (C=O) groups excluding carboxylic acids is 2. The van der Waals surface area contributed by atoms with Gasteiger partial charge in [0.2, 0.25) is 11.8 Å². The van der Waals surface area contributed by atoms with E-state index in [2.05, 4.69) is 0 Å². The number of amides is 2. The summed E-state index contributed by atoms with van der Waals surface area (Å²) in [6.45, 7) is 1.63. The zero-order chi connectivity index (χ0) is 13.2. The van der Waals surface area contributed by atoms with Crippen LogP contribution in [0.2, 0.25) is 0 Å². The first kappa shape index (κ1) is 13.9. The third kappa shape index (κ3) is 3.39. The Morgan fingerprint density at radius 3 is 2.06 bits per heavy atom. The molecule has 0 aromatic heterocycles. The Labute approximate surface area is 98.7 Å². The van der Waals surface area contributed by atoms with Crippen LogP contribution in [0.5, 0.6) is 0 Å². The molecule has 7 heteroatoms. The SMILES string of the molecule is CC1OC(O)C(CC(N)=O)C(O)C1CC(N)=O. The molecular weight excluding hydrogens is 228 g/mol. The van der Waals surface area contributed by atoms with Crippen molar-refractivity contribution in [3.63, 3.8) is 0 Å². The summed E-state index contributed by atoms with van der Waals surface area (Å²) in [5, 5.41) is 19.6. The second-order valence-corrected chi connectivity index (χ2v) is 4.39. The van der Waals surface area contributed by atoms with Gasteiger partial charge in [-0.25, -0.2) is 0 Å². The van der Waals surface area contributed by atoms with E-state index in [0.29, 0.717) is 0 Å². The molecule has 0 aliphatic carbocycles. The number of aliphatic hydroxyl groups is 2. The summed E-state index contributed by atoms with van der Waals surface area (Å²) in [6.07, 6.45) is -3.10. The lowest BCUT2D eigenvalue weighted by molar-refractivity contribution is -0.244. The molecule has 1 aliphatic rings. The summed E-state index contributed by atoms with van der Waals surface area (Å²) in [6, 6.07) is 0. The largest absolute Gasteiger partial charge is 0.392 e. The standard InChI is InChI=1S/C10H18N2O5/c1-4-5(2-7(11)13)9(15)6(3-8(12)14)10(16)17-4/h4-6,9-10,15-16H,2-3H2,1H3,(H2,11,13)(H2,12,14). The van der Waals surface area contributed by atoms with E-state index in [-0.39, 0.29) is 12.8 Å². The number of ether oxygens (including phenoxy) is 1. The average molecular weight is 246 g/mol. The van der Waals surface area contributed by atoms with E-state index in [4.69, 9.17) is 16.2 Å². The normalized spacial score (nSPS) is 37.7.